The van der Waals surface area contributed by atoms with Crippen LogP contribution >= 0.6 is 0 Å². The zero-order valence-corrected chi connectivity index (χ0v) is 20.5. The summed E-state index contributed by atoms with van der Waals surface area (Å²) in [5, 5.41) is 5.56. The number of nitrogens with one attached hydrogen (secondary N) is 1. The third-order valence-corrected chi connectivity index (χ3v) is 5.70. The first kappa shape index (κ1) is 29.2. The summed E-state index contributed by atoms with van der Waals surface area (Å²) in [5.41, 5.74) is 6.65. The number of alkyl halides is 5. The fraction of sp³-hybridized carbons (Fsp3) is 0.280. The molecule has 4 rings (SSSR count). The van der Waals surface area contributed by atoms with Gasteiger partial charge in [0.15, 0.2) is 0 Å². The van der Waals surface area contributed by atoms with E-state index in [0.717, 1.165) is 31.5 Å². The van der Waals surface area contributed by atoms with Crippen LogP contribution in [-0.2, 0) is 12.7 Å². The summed E-state index contributed by atoms with van der Waals surface area (Å²) in [7, 11) is 0. The Labute approximate surface area is 217 Å². The number of nitrogens with two attached hydrogens (primary N) is 2. The van der Waals surface area contributed by atoms with Gasteiger partial charge in [0.05, 0.1) is 28.5 Å². The summed E-state index contributed by atoms with van der Waals surface area (Å²) >= 11 is 0. The lowest BCUT2D eigenvalue weighted by molar-refractivity contribution is -0.138. The molecule has 0 amide bonds. The van der Waals surface area contributed by atoms with Crippen molar-refractivity contribution in [1.29, 1.82) is 0 Å². The molecule has 14 heteroatoms. The molecule has 8 nitrogen and oxygen atoms in total. The van der Waals surface area contributed by atoms with Crippen molar-refractivity contribution in [2.75, 3.05) is 11.5 Å². The summed E-state index contributed by atoms with van der Waals surface area (Å²) in [6, 6.07) is 6.84. The SMILES string of the molecule is CCCCCn1ccc2cc(-c3ccc(C(F)F)c(N)n3)c(F)cc2c1=O.Nc1cn[nH]c(=O)c1C(F)(F)F. The standard InChI is InChI=1S/C20H20F3N3O.C5H4F3N3O/c1-2-3-4-8-26-9-7-12-10-15(16(21)11-14(12)20(26)27)17-6-5-13(18(22)23)19(24)25-17;6-5(7,8)3-2(9)1-10-11-4(3)12/h5-7,9-11,18H,2-4,8H2,1H3,(H2,24,25);1H,(H3,9,11,12). The maximum absolute atomic E-state index is 14.6. The van der Waals surface area contributed by atoms with Crippen LogP contribution in [0, 0.1) is 5.82 Å². The number of aryl methyl sites for hydroxylation is 1. The zero-order chi connectivity index (χ0) is 28.9. The van der Waals surface area contributed by atoms with Gasteiger partial charge in [-0.1, -0.05) is 19.8 Å². The second kappa shape index (κ2) is 12.0. The Balaban J connectivity index is 0.000000293. The Bertz CT molecular complexity index is 1580. The van der Waals surface area contributed by atoms with Crippen LogP contribution in [0.15, 0.2) is 52.3 Å². The molecule has 208 valence electrons. The number of halogens is 6. The highest BCUT2D eigenvalue weighted by atomic mass is 19.4. The maximum Gasteiger partial charge on any atom is 0.423 e. The number of aromatic nitrogens is 4. The molecule has 0 fully saturated rings. The minimum atomic E-state index is -4.74. The number of unbranched alkanes of at least 4 members (excludes halogenated alkanes) is 2. The Morgan fingerprint density at radius 1 is 1.08 bits per heavy atom. The van der Waals surface area contributed by atoms with Gasteiger partial charge in [-0.15, -0.1) is 0 Å². The Hall–Kier alpha value is -4.36. The number of rotatable bonds is 6. The third kappa shape index (κ3) is 6.75. The molecule has 5 N–H and O–H groups in total. The number of nitrogen functional groups attached to an aromatic ring is 2. The molecule has 0 saturated carbocycles. The number of anilines is 2. The predicted octanol–water partition coefficient (Wildman–Crippen LogP) is 5.28. The number of H-pyrrole nitrogens is 1. The quantitative estimate of drug-likeness (QED) is 0.219. The number of fused-ring (bicyclic) bond motifs is 1. The molecule has 0 radical (unpaired) electrons. The van der Waals surface area contributed by atoms with E-state index in [-0.39, 0.29) is 28.0 Å². The molecular weight excluding hydrogens is 530 g/mol. The zero-order valence-electron chi connectivity index (χ0n) is 20.5. The fourth-order valence-electron chi connectivity index (χ4n) is 3.73. The molecule has 0 atom stereocenters. The Morgan fingerprint density at radius 2 is 1.79 bits per heavy atom. The normalized spacial score (nSPS) is 11.5. The maximum atomic E-state index is 14.6. The van der Waals surface area contributed by atoms with Crippen LogP contribution in [0.5, 0.6) is 0 Å². The van der Waals surface area contributed by atoms with E-state index in [4.69, 9.17) is 11.5 Å². The molecule has 0 aliphatic rings. The molecule has 4 aromatic rings. The van der Waals surface area contributed by atoms with Gasteiger partial charge in [-0.2, -0.15) is 18.3 Å². The molecule has 39 heavy (non-hydrogen) atoms. The van der Waals surface area contributed by atoms with Gasteiger partial charge in [-0.3, -0.25) is 9.59 Å². The number of aromatic amines is 1. The van der Waals surface area contributed by atoms with Crippen molar-refractivity contribution in [2.24, 2.45) is 0 Å². The molecular formula is C25H24F6N6O2. The summed E-state index contributed by atoms with van der Waals surface area (Å²) in [6.07, 6.45) is -2.13. The average molecular weight is 554 g/mol. The van der Waals surface area contributed by atoms with Crippen molar-refractivity contribution < 1.29 is 26.3 Å². The molecule has 3 heterocycles. The van der Waals surface area contributed by atoms with Gasteiger partial charge in [-0.25, -0.2) is 23.3 Å². The van der Waals surface area contributed by atoms with E-state index >= 15 is 0 Å². The van der Waals surface area contributed by atoms with Gasteiger partial charge in [0.2, 0.25) is 0 Å². The second-order valence-electron chi connectivity index (χ2n) is 8.44. The smallest absolute Gasteiger partial charge is 0.397 e. The highest BCUT2D eigenvalue weighted by molar-refractivity contribution is 5.86. The first-order valence-electron chi connectivity index (χ1n) is 11.6. The van der Waals surface area contributed by atoms with Gasteiger partial charge in [0, 0.05) is 18.3 Å². The van der Waals surface area contributed by atoms with E-state index in [1.165, 1.54) is 18.2 Å². The van der Waals surface area contributed by atoms with Crippen molar-refractivity contribution in [3.63, 3.8) is 0 Å². The Kier molecular flexibility index (Phi) is 8.99. The van der Waals surface area contributed by atoms with Crippen LogP contribution in [0.25, 0.3) is 22.0 Å². The summed E-state index contributed by atoms with van der Waals surface area (Å²) in [4.78, 5) is 27.0. The van der Waals surface area contributed by atoms with Crippen molar-refractivity contribution in [3.8, 4) is 11.3 Å². The fourth-order valence-corrected chi connectivity index (χ4v) is 3.73. The van der Waals surface area contributed by atoms with Gasteiger partial charge < -0.3 is 16.0 Å². The van der Waals surface area contributed by atoms with Gasteiger partial charge in [0.1, 0.15) is 17.2 Å². The third-order valence-electron chi connectivity index (χ3n) is 5.70. The lowest BCUT2D eigenvalue weighted by Crippen LogP contribution is -2.24. The van der Waals surface area contributed by atoms with Crippen LogP contribution in [-0.4, -0.2) is 19.7 Å². The first-order chi connectivity index (χ1) is 18.3. The largest absolute Gasteiger partial charge is 0.423 e. The summed E-state index contributed by atoms with van der Waals surface area (Å²) < 4.78 is 77.8. The average Bonchev–Trinajstić information content (AvgIpc) is 2.85. The van der Waals surface area contributed by atoms with Gasteiger partial charge in [0.25, 0.3) is 17.5 Å². The van der Waals surface area contributed by atoms with Crippen molar-refractivity contribution in [1.82, 2.24) is 19.7 Å². The molecule has 0 aliphatic heterocycles. The molecule has 0 bridgehead atoms. The van der Waals surface area contributed by atoms with E-state index in [0.29, 0.717) is 11.9 Å². The Morgan fingerprint density at radius 3 is 2.36 bits per heavy atom. The van der Waals surface area contributed by atoms with Crippen LogP contribution in [0.2, 0.25) is 0 Å². The number of benzene rings is 1. The highest BCUT2D eigenvalue weighted by Gasteiger charge is 2.36. The molecule has 0 spiro atoms. The highest BCUT2D eigenvalue weighted by Crippen LogP contribution is 2.30. The molecule has 3 aromatic heterocycles. The number of pyridine rings is 2. The lowest BCUT2D eigenvalue weighted by atomic mass is 10.0. The van der Waals surface area contributed by atoms with Gasteiger partial charge in [-0.05, 0) is 42.1 Å². The van der Waals surface area contributed by atoms with E-state index in [2.05, 4.69) is 17.0 Å². The number of nitrogens with zero attached hydrogens (tertiary/aromatic N) is 3. The van der Waals surface area contributed by atoms with E-state index in [1.807, 2.05) is 0 Å². The van der Waals surface area contributed by atoms with Crippen molar-refractivity contribution in [2.45, 2.75) is 45.3 Å². The number of hydrogen-bond acceptors (Lipinski definition) is 6. The predicted molar refractivity (Wildman–Crippen MR) is 135 cm³/mol. The van der Waals surface area contributed by atoms with Crippen LogP contribution < -0.4 is 22.6 Å². The molecule has 0 saturated heterocycles. The van der Waals surface area contributed by atoms with Crippen molar-refractivity contribution >= 4 is 22.3 Å². The molecule has 0 unspecified atom stereocenters. The van der Waals surface area contributed by atoms with Crippen LogP contribution in [0.4, 0.5) is 37.8 Å². The van der Waals surface area contributed by atoms with Crippen LogP contribution in [0.3, 0.4) is 0 Å². The van der Waals surface area contributed by atoms with E-state index in [1.54, 1.807) is 21.9 Å². The minimum Gasteiger partial charge on any atom is -0.397 e. The second-order valence-corrected chi connectivity index (χ2v) is 8.44. The molecule has 1 aromatic carbocycles. The lowest BCUT2D eigenvalue weighted by Gasteiger charge is -2.10. The van der Waals surface area contributed by atoms with E-state index in [9.17, 15) is 35.9 Å². The summed E-state index contributed by atoms with van der Waals surface area (Å²) in [6.45, 7) is 2.66. The summed E-state index contributed by atoms with van der Waals surface area (Å²) in [5.74, 6) is -0.990. The monoisotopic (exact) mass is 554 g/mol. The van der Waals surface area contributed by atoms with Crippen LogP contribution in [0.1, 0.15) is 43.7 Å². The van der Waals surface area contributed by atoms with E-state index < -0.39 is 40.8 Å². The van der Waals surface area contributed by atoms with Gasteiger partial charge >= 0.3 is 6.18 Å². The molecule has 0 aliphatic carbocycles. The topological polar surface area (TPSA) is 133 Å². The number of hydrogen-bond donors (Lipinski definition) is 3. The minimum absolute atomic E-state index is 0.109. The van der Waals surface area contributed by atoms with Crippen molar-refractivity contribution in [3.05, 3.63) is 80.4 Å². The first-order valence-corrected chi connectivity index (χ1v) is 11.6.